The van der Waals surface area contributed by atoms with Crippen molar-refractivity contribution in [3.63, 3.8) is 0 Å². The van der Waals surface area contributed by atoms with E-state index in [1.807, 2.05) is 39.8 Å². The smallest absolute Gasteiger partial charge is 0.332 e. The zero-order valence-corrected chi connectivity index (χ0v) is 20.7. The average molecular weight is 496 g/mol. The number of anilines is 2. The van der Waals surface area contributed by atoms with Crippen molar-refractivity contribution in [3.05, 3.63) is 73.9 Å². The third-order valence-electron chi connectivity index (χ3n) is 6.37. The molecule has 0 amide bonds. The number of nitrogens with zero attached hydrogens (tertiary/aromatic N) is 5. The second-order valence-corrected chi connectivity index (χ2v) is 9.24. The Morgan fingerprint density at radius 3 is 2.49 bits per heavy atom. The summed E-state index contributed by atoms with van der Waals surface area (Å²) in [5.74, 6) is 2.12. The molecule has 1 aliphatic heterocycles. The Balaban J connectivity index is 1.70. The van der Waals surface area contributed by atoms with Crippen molar-refractivity contribution >= 4 is 34.4 Å². The molecule has 4 aromatic rings. The summed E-state index contributed by atoms with van der Waals surface area (Å²) in [6.45, 7) is 3.55. The average Bonchev–Trinajstić information content (AvgIpc) is 3.25. The maximum atomic E-state index is 13.7. The van der Waals surface area contributed by atoms with Crippen LogP contribution in [0.2, 0.25) is 5.02 Å². The highest BCUT2D eigenvalue weighted by molar-refractivity contribution is 6.30. The summed E-state index contributed by atoms with van der Waals surface area (Å²) in [7, 11) is 4.85. The predicted octanol–water partition coefficient (Wildman–Crippen LogP) is 3.40. The lowest BCUT2D eigenvalue weighted by Crippen LogP contribution is -2.40. The Kier molecular flexibility index (Phi) is 5.80. The van der Waals surface area contributed by atoms with E-state index in [1.165, 1.54) is 9.13 Å². The fourth-order valence-electron chi connectivity index (χ4n) is 4.63. The molecular weight excluding hydrogens is 470 g/mol. The summed E-state index contributed by atoms with van der Waals surface area (Å²) < 4.78 is 15.6. The normalized spacial score (nSPS) is 15.3. The van der Waals surface area contributed by atoms with Gasteiger partial charge in [0.05, 0.1) is 26.5 Å². The van der Waals surface area contributed by atoms with Crippen LogP contribution in [0.1, 0.15) is 12.5 Å². The Morgan fingerprint density at radius 1 is 1.06 bits per heavy atom. The van der Waals surface area contributed by atoms with Gasteiger partial charge in [-0.3, -0.25) is 13.9 Å². The minimum absolute atomic E-state index is 0.144. The van der Waals surface area contributed by atoms with Crippen molar-refractivity contribution in [2.24, 2.45) is 13.0 Å². The lowest BCUT2D eigenvalue weighted by Gasteiger charge is -2.33. The number of hydrogen-bond acceptors (Lipinski definition) is 6. The van der Waals surface area contributed by atoms with E-state index in [0.29, 0.717) is 46.7 Å². The third-order valence-corrected chi connectivity index (χ3v) is 6.63. The van der Waals surface area contributed by atoms with Crippen LogP contribution >= 0.6 is 11.6 Å². The van der Waals surface area contributed by atoms with Crippen LogP contribution in [0.3, 0.4) is 0 Å². The molecule has 0 fully saturated rings. The van der Waals surface area contributed by atoms with Gasteiger partial charge in [-0.2, -0.15) is 4.98 Å². The van der Waals surface area contributed by atoms with E-state index in [4.69, 9.17) is 26.1 Å². The van der Waals surface area contributed by atoms with E-state index >= 15 is 0 Å². The molecule has 2 aromatic heterocycles. The highest BCUT2D eigenvalue weighted by Crippen LogP contribution is 2.39. The first kappa shape index (κ1) is 23.0. The first-order chi connectivity index (χ1) is 16.8. The summed E-state index contributed by atoms with van der Waals surface area (Å²) in [4.78, 5) is 33.6. The fraction of sp³-hybridized carbons (Fsp3) is 0.320. The second kappa shape index (κ2) is 8.81. The second-order valence-electron chi connectivity index (χ2n) is 8.81. The van der Waals surface area contributed by atoms with Crippen molar-refractivity contribution in [1.29, 1.82) is 0 Å². The number of aromatic nitrogens is 4. The molecule has 1 atom stereocenters. The number of fused-ring (bicyclic) bond motifs is 3. The number of aryl methyl sites for hydroxylation is 1. The van der Waals surface area contributed by atoms with E-state index in [2.05, 4.69) is 6.92 Å². The van der Waals surface area contributed by atoms with E-state index in [0.717, 1.165) is 11.3 Å². The molecule has 3 heterocycles. The van der Waals surface area contributed by atoms with Crippen molar-refractivity contribution in [2.75, 3.05) is 25.7 Å². The molecule has 10 heteroatoms. The highest BCUT2D eigenvalue weighted by Gasteiger charge is 2.31. The Morgan fingerprint density at radius 2 is 1.80 bits per heavy atom. The molecule has 0 bridgehead atoms. The summed E-state index contributed by atoms with van der Waals surface area (Å²) in [5.41, 5.74) is 1.59. The van der Waals surface area contributed by atoms with Gasteiger partial charge < -0.3 is 18.9 Å². The minimum atomic E-state index is -0.422. The summed E-state index contributed by atoms with van der Waals surface area (Å²) >= 11 is 6.00. The molecule has 0 saturated heterocycles. The standard InChI is InChI=1S/C25H26ClN5O4/c1-15-12-29(19-10-9-18(34-3)11-20(19)35-4)24-27-22-21(30(24)13-15)23(32)31(25(33)28(22)2)14-16-5-7-17(26)8-6-16/h5-11,15H,12-14H2,1-4H3/t15-/m1/s1. The summed E-state index contributed by atoms with van der Waals surface area (Å²) in [6.07, 6.45) is 0. The Labute approximate surface area is 206 Å². The van der Waals surface area contributed by atoms with Crippen LogP contribution < -0.4 is 25.6 Å². The molecule has 9 nitrogen and oxygen atoms in total. The first-order valence-corrected chi connectivity index (χ1v) is 11.6. The maximum absolute atomic E-state index is 13.7. The van der Waals surface area contributed by atoms with Gasteiger partial charge in [-0.05, 0) is 35.7 Å². The lowest BCUT2D eigenvalue weighted by atomic mass is 10.1. The molecule has 0 radical (unpaired) electrons. The molecule has 1 aliphatic rings. The highest BCUT2D eigenvalue weighted by atomic mass is 35.5. The molecular formula is C25H26ClN5O4. The van der Waals surface area contributed by atoms with Gasteiger partial charge in [-0.25, -0.2) is 4.79 Å². The molecule has 0 spiro atoms. The van der Waals surface area contributed by atoms with Crippen LogP contribution in [0.15, 0.2) is 52.1 Å². The van der Waals surface area contributed by atoms with Gasteiger partial charge in [0.2, 0.25) is 5.95 Å². The molecule has 5 rings (SSSR count). The largest absolute Gasteiger partial charge is 0.497 e. The number of methoxy groups -OCH3 is 2. The van der Waals surface area contributed by atoms with Gasteiger partial charge in [0, 0.05) is 31.2 Å². The van der Waals surface area contributed by atoms with Gasteiger partial charge in [0.25, 0.3) is 5.56 Å². The van der Waals surface area contributed by atoms with Gasteiger partial charge in [-0.15, -0.1) is 0 Å². The number of rotatable bonds is 5. The van der Waals surface area contributed by atoms with Crippen LogP contribution in [0.4, 0.5) is 11.6 Å². The van der Waals surface area contributed by atoms with Crippen molar-refractivity contribution in [1.82, 2.24) is 18.7 Å². The van der Waals surface area contributed by atoms with Gasteiger partial charge in [-0.1, -0.05) is 30.7 Å². The minimum Gasteiger partial charge on any atom is -0.497 e. The van der Waals surface area contributed by atoms with E-state index in [9.17, 15) is 9.59 Å². The quantitative estimate of drug-likeness (QED) is 0.422. The third kappa shape index (κ3) is 3.85. The Hall–Kier alpha value is -3.72. The van der Waals surface area contributed by atoms with Gasteiger partial charge >= 0.3 is 5.69 Å². The lowest BCUT2D eigenvalue weighted by molar-refractivity contribution is 0.392. The molecule has 0 N–H and O–H groups in total. The van der Waals surface area contributed by atoms with Crippen LogP contribution in [-0.2, 0) is 20.1 Å². The number of imidazole rings is 1. The van der Waals surface area contributed by atoms with Crippen molar-refractivity contribution < 1.29 is 9.47 Å². The summed E-state index contributed by atoms with van der Waals surface area (Å²) in [6, 6.07) is 12.7. The van der Waals surface area contributed by atoms with Crippen LogP contribution in [0.5, 0.6) is 11.5 Å². The maximum Gasteiger partial charge on any atom is 0.332 e. The topological polar surface area (TPSA) is 83.5 Å². The van der Waals surface area contributed by atoms with Crippen LogP contribution in [0, 0.1) is 5.92 Å². The number of halogens is 1. The number of ether oxygens (including phenoxy) is 2. The molecule has 182 valence electrons. The van der Waals surface area contributed by atoms with Gasteiger partial charge in [0.15, 0.2) is 11.2 Å². The molecule has 35 heavy (non-hydrogen) atoms. The Bertz CT molecular complexity index is 1540. The van der Waals surface area contributed by atoms with Crippen molar-refractivity contribution in [2.45, 2.75) is 20.0 Å². The van der Waals surface area contributed by atoms with E-state index < -0.39 is 5.69 Å². The van der Waals surface area contributed by atoms with E-state index in [-0.39, 0.29) is 18.0 Å². The zero-order valence-electron chi connectivity index (χ0n) is 20.0. The van der Waals surface area contributed by atoms with Crippen molar-refractivity contribution in [3.8, 4) is 11.5 Å². The molecule has 0 aliphatic carbocycles. The zero-order chi connectivity index (χ0) is 24.9. The molecule has 0 saturated carbocycles. The fourth-order valence-corrected chi connectivity index (χ4v) is 4.75. The monoisotopic (exact) mass is 495 g/mol. The number of benzene rings is 2. The van der Waals surface area contributed by atoms with Crippen LogP contribution in [0.25, 0.3) is 11.2 Å². The number of hydrogen-bond donors (Lipinski definition) is 0. The predicted molar refractivity (Wildman–Crippen MR) is 136 cm³/mol. The SMILES string of the molecule is COc1ccc(N2C[C@@H](C)Cn3c2nc2c3c(=O)n(Cc3ccc(Cl)cc3)c(=O)n2C)c(OC)c1. The van der Waals surface area contributed by atoms with Gasteiger partial charge in [0.1, 0.15) is 11.5 Å². The van der Waals surface area contributed by atoms with E-state index in [1.54, 1.807) is 33.4 Å². The summed E-state index contributed by atoms with van der Waals surface area (Å²) in [5, 5.41) is 0.595. The van der Waals surface area contributed by atoms with Crippen LogP contribution in [-0.4, -0.2) is 39.4 Å². The molecule has 0 unspecified atom stereocenters. The first-order valence-electron chi connectivity index (χ1n) is 11.3. The molecule has 2 aromatic carbocycles.